The van der Waals surface area contributed by atoms with Crippen LogP contribution in [0.25, 0.3) is 0 Å². The van der Waals surface area contributed by atoms with Crippen LogP contribution in [-0.2, 0) is 0 Å². The highest BCUT2D eigenvalue weighted by Crippen LogP contribution is 2.26. The topological polar surface area (TPSA) is 15.3 Å². The van der Waals surface area contributed by atoms with Gasteiger partial charge < -0.3 is 10.2 Å². The molecule has 3 unspecified atom stereocenters. The van der Waals surface area contributed by atoms with Gasteiger partial charge in [-0.1, -0.05) is 20.8 Å². The minimum Gasteiger partial charge on any atom is -0.311 e. The number of thioether (sulfide) groups is 1. The van der Waals surface area contributed by atoms with Gasteiger partial charge in [0.2, 0.25) is 0 Å². The fourth-order valence-electron chi connectivity index (χ4n) is 2.29. The largest absolute Gasteiger partial charge is 0.311 e. The van der Waals surface area contributed by atoms with Crippen LogP contribution in [0.5, 0.6) is 0 Å². The first kappa shape index (κ1) is 13.3. The summed E-state index contributed by atoms with van der Waals surface area (Å²) in [6, 6.07) is 1.39. The van der Waals surface area contributed by atoms with Crippen LogP contribution in [0.15, 0.2) is 0 Å². The summed E-state index contributed by atoms with van der Waals surface area (Å²) in [7, 11) is 4.36. The third kappa shape index (κ3) is 3.97. The Hall–Kier alpha value is 0.270. The van der Waals surface area contributed by atoms with Gasteiger partial charge in [-0.25, -0.2) is 0 Å². The number of hydrogen-bond acceptors (Lipinski definition) is 3. The van der Waals surface area contributed by atoms with Gasteiger partial charge in [0.05, 0.1) is 0 Å². The first-order chi connectivity index (χ1) is 7.02. The third-order valence-electron chi connectivity index (χ3n) is 3.40. The summed E-state index contributed by atoms with van der Waals surface area (Å²) in [6.45, 7) is 8.08. The molecule has 15 heavy (non-hydrogen) atoms. The lowest BCUT2D eigenvalue weighted by atomic mass is 10.0. The second-order valence-electron chi connectivity index (χ2n) is 5.15. The van der Waals surface area contributed by atoms with Gasteiger partial charge in [0.25, 0.3) is 0 Å². The number of likely N-dealkylation sites (N-methyl/N-ethyl adjacent to an activating group) is 1. The Morgan fingerprint density at radius 1 is 1.40 bits per heavy atom. The molecule has 0 aromatic rings. The molecule has 0 aromatic heterocycles. The van der Waals surface area contributed by atoms with E-state index in [0.29, 0.717) is 6.04 Å². The molecule has 1 aliphatic heterocycles. The molecule has 3 atom stereocenters. The summed E-state index contributed by atoms with van der Waals surface area (Å²) in [4.78, 5) is 2.34. The smallest absolute Gasteiger partial charge is 0.0237 e. The predicted octanol–water partition coefficient (Wildman–Crippen LogP) is 2.06. The molecule has 1 fully saturated rings. The van der Waals surface area contributed by atoms with Crippen molar-refractivity contribution in [1.82, 2.24) is 10.2 Å². The van der Waals surface area contributed by atoms with E-state index >= 15 is 0 Å². The highest BCUT2D eigenvalue weighted by atomic mass is 32.2. The van der Waals surface area contributed by atoms with E-state index in [4.69, 9.17) is 0 Å². The van der Waals surface area contributed by atoms with Crippen molar-refractivity contribution < 1.29 is 0 Å². The first-order valence-electron chi connectivity index (χ1n) is 6.03. The molecular formula is C12H26N2S. The summed E-state index contributed by atoms with van der Waals surface area (Å²) in [6.07, 6.45) is 1.34. The number of rotatable bonds is 5. The Balaban J connectivity index is 2.33. The first-order valence-corrected chi connectivity index (χ1v) is 7.08. The molecule has 0 radical (unpaired) electrons. The van der Waals surface area contributed by atoms with Crippen LogP contribution in [-0.4, -0.2) is 48.6 Å². The molecule has 0 aliphatic carbocycles. The Morgan fingerprint density at radius 2 is 2.07 bits per heavy atom. The fourth-order valence-corrected chi connectivity index (χ4v) is 3.51. The average molecular weight is 230 g/mol. The van der Waals surface area contributed by atoms with Crippen LogP contribution in [0.2, 0.25) is 0 Å². The molecule has 3 heteroatoms. The van der Waals surface area contributed by atoms with E-state index in [1.807, 2.05) is 0 Å². The summed E-state index contributed by atoms with van der Waals surface area (Å²) in [5.74, 6) is 2.05. The van der Waals surface area contributed by atoms with Crippen LogP contribution >= 0.6 is 11.8 Å². The van der Waals surface area contributed by atoms with Crippen LogP contribution in [0.4, 0.5) is 0 Å². The van der Waals surface area contributed by atoms with Gasteiger partial charge in [-0.05, 0) is 32.2 Å². The van der Waals surface area contributed by atoms with Crippen LogP contribution in [0, 0.1) is 5.92 Å². The lowest BCUT2D eigenvalue weighted by Gasteiger charge is -2.30. The standard InChI is InChI=1S/C12H26N2S/c1-9(2)12(14(4)5)8-13-11-6-7-15-10(11)3/h9-13H,6-8H2,1-5H3. The fraction of sp³-hybridized carbons (Fsp3) is 1.00. The van der Waals surface area contributed by atoms with E-state index in [1.165, 1.54) is 12.2 Å². The van der Waals surface area contributed by atoms with Gasteiger partial charge in [-0.15, -0.1) is 0 Å². The van der Waals surface area contributed by atoms with Crippen molar-refractivity contribution in [3.63, 3.8) is 0 Å². The molecule has 1 aliphatic rings. The van der Waals surface area contributed by atoms with E-state index < -0.39 is 0 Å². The molecule has 1 heterocycles. The second-order valence-corrected chi connectivity index (χ2v) is 6.64. The maximum Gasteiger partial charge on any atom is 0.0237 e. The second kappa shape index (κ2) is 6.12. The molecule has 1 N–H and O–H groups in total. The van der Waals surface area contributed by atoms with Crippen molar-refractivity contribution in [2.45, 2.75) is 44.5 Å². The molecule has 90 valence electrons. The van der Waals surface area contributed by atoms with Crippen LogP contribution in [0.3, 0.4) is 0 Å². The summed E-state index contributed by atoms with van der Waals surface area (Å²) < 4.78 is 0. The van der Waals surface area contributed by atoms with Gasteiger partial charge in [0.1, 0.15) is 0 Å². The van der Waals surface area contributed by atoms with Gasteiger partial charge in [0.15, 0.2) is 0 Å². The maximum atomic E-state index is 3.73. The molecule has 0 amide bonds. The predicted molar refractivity (Wildman–Crippen MR) is 70.6 cm³/mol. The van der Waals surface area contributed by atoms with Crippen molar-refractivity contribution >= 4 is 11.8 Å². The Morgan fingerprint density at radius 3 is 2.47 bits per heavy atom. The summed E-state index contributed by atoms with van der Waals surface area (Å²) >= 11 is 2.10. The van der Waals surface area contributed by atoms with Gasteiger partial charge in [0, 0.05) is 23.9 Å². The normalized spacial score (nSPS) is 29.0. The van der Waals surface area contributed by atoms with Crippen molar-refractivity contribution in [2.75, 3.05) is 26.4 Å². The molecule has 0 spiro atoms. The molecule has 2 nitrogen and oxygen atoms in total. The maximum absolute atomic E-state index is 3.73. The van der Waals surface area contributed by atoms with E-state index in [-0.39, 0.29) is 0 Å². The summed E-state index contributed by atoms with van der Waals surface area (Å²) in [5.41, 5.74) is 0. The molecule has 1 rings (SSSR count). The lowest BCUT2D eigenvalue weighted by molar-refractivity contribution is 0.218. The van der Waals surface area contributed by atoms with E-state index in [0.717, 1.165) is 23.8 Å². The Kier molecular flexibility index (Phi) is 5.44. The van der Waals surface area contributed by atoms with Crippen molar-refractivity contribution in [1.29, 1.82) is 0 Å². The average Bonchev–Trinajstić information content (AvgIpc) is 2.51. The molecule has 0 aromatic carbocycles. The molecule has 0 saturated carbocycles. The highest BCUT2D eigenvalue weighted by molar-refractivity contribution is 8.00. The van der Waals surface area contributed by atoms with Crippen LogP contribution in [0.1, 0.15) is 27.2 Å². The Labute approximate surface area is 99.2 Å². The minimum absolute atomic E-state index is 0.655. The number of nitrogens with one attached hydrogen (secondary N) is 1. The van der Waals surface area contributed by atoms with E-state index in [2.05, 4.69) is 56.8 Å². The van der Waals surface area contributed by atoms with Gasteiger partial charge in [-0.3, -0.25) is 0 Å². The van der Waals surface area contributed by atoms with E-state index in [9.17, 15) is 0 Å². The zero-order valence-corrected chi connectivity index (χ0v) is 11.6. The summed E-state index contributed by atoms with van der Waals surface area (Å²) in [5, 5.41) is 4.52. The SMILES string of the molecule is CC(C)C(CNC1CCSC1C)N(C)C. The van der Waals surface area contributed by atoms with Crippen molar-refractivity contribution in [3.05, 3.63) is 0 Å². The highest BCUT2D eigenvalue weighted by Gasteiger charge is 2.25. The van der Waals surface area contributed by atoms with Gasteiger partial charge >= 0.3 is 0 Å². The minimum atomic E-state index is 0.655. The van der Waals surface area contributed by atoms with E-state index in [1.54, 1.807) is 0 Å². The molecular weight excluding hydrogens is 204 g/mol. The molecule has 1 saturated heterocycles. The van der Waals surface area contributed by atoms with Crippen LogP contribution < -0.4 is 5.32 Å². The quantitative estimate of drug-likeness (QED) is 0.778. The van der Waals surface area contributed by atoms with Gasteiger partial charge in [-0.2, -0.15) is 11.8 Å². The third-order valence-corrected chi connectivity index (χ3v) is 4.72. The number of nitrogens with zero attached hydrogens (tertiary/aromatic N) is 1. The van der Waals surface area contributed by atoms with Crippen molar-refractivity contribution in [3.8, 4) is 0 Å². The molecule has 0 bridgehead atoms. The zero-order valence-electron chi connectivity index (χ0n) is 10.8. The monoisotopic (exact) mass is 230 g/mol. The van der Waals surface area contributed by atoms with Crippen molar-refractivity contribution in [2.24, 2.45) is 5.92 Å². The number of hydrogen-bond donors (Lipinski definition) is 1. The lowest BCUT2D eigenvalue weighted by Crippen LogP contribution is -2.46. The Bertz CT molecular complexity index is 174. The zero-order chi connectivity index (χ0) is 11.4.